The van der Waals surface area contributed by atoms with Crippen LogP contribution in [0, 0.1) is 0 Å². The van der Waals surface area contributed by atoms with Gasteiger partial charge in [0.15, 0.2) is 0 Å². The van der Waals surface area contributed by atoms with Crippen molar-refractivity contribution in [3.05, 3.63) is 23.9 Å². The second kappa shape index (κ2) is 8.36. The third-order valence-corrected chi connectivity index (χ3v) is 3.85. The van der Waals surface area contributed by atoms with Crippen LogP contribution in [0.1, 0.15) is 32.3 Å². The minimum atomic E-state index is -0.211. The number of piperidine rings is 1. The summed E-state index contributed by atoms with van der Waals surface area (Å²) in [6.45, 7) is 5.75. The number of pyridine rings is 1. The lowest BCUT2D eigenvalue weighted by molar-refractivity contribution is -0.129. The average molecular weight is 320 g/mol. The topological polar surface area (TPSA) is 83.6 Å². The molecule has 0 unspecified atom stereocenters. The van der Waals surface area contributed by atoms with Crippen LogP contribution in [0.3, 0.4) is 0 Å². The summed E-state index contributed by atoms with van der Waals surface area (Å²) in [6.07, 6.45) is 3.23. The van der Waals surface area contributed by atoms with Gasteiger partial charge in [-0.05, 0) is 25.8 Å². The first-order valence-corrected chi connectivity index (χ1v) is 7.96. The van der Waals surface area contributed by atoms with Gasteiger partial charge in [0, 0.05) is 44.4 Å². The molecule has 1 fully saturated rings. The summed E-state index contributed by atoms with van der Waals surface area (Å²) >= 11 is 0. The third kappa shape index (κ3) is 5.12. The van der Waals surface area contributed by atoms with Gasteiger partial charge in [-0.2, -0.15) is 0 Å². The number of nitrogens with one attached hydrogen (secondary N) is 2. The Morgan fingerprint density at radius 3 is 2.78 bits per heavy atom. The quantitative estimate of drug-likeness (QED) is 0.856. The predicted octanol–water partition coefficient (Wildman–Crippen LogP) is 1.29. The number of amides is 3. The zero-order valence-corrected chi connectivity index (χ0v) is 13.7. The molecule has 1 aromatic heterocycles. The van der Waals surface area contributed by atoms with Crippen LogP contribution in [-0.2, 0) is 11.3 Å². The Kier molecular flexibility index (Phi) is 6.19. The van der Waals surface area contributed by atoms with Crippen LogP contribution in [0.5, 0.6) is 5.88 Å². The lowest BCUT2D eigenvalue weighted by Crippen LogP contribution is -2.48. The Morgan fingerprint density at radius 1 is 1.39 bits per heavy atom. The summed E-state index contributed by atoms with van der Waals surface area (Å²) < 4.78 is 5.43. The first kappa shape index (κ1) is 17.1. The third-order valence-electron chi connectivity index (χ3n) is 3.85. The molecule has 1 aliphatic rings. The molecule has 2 N–H and O–H groups in total. The molecule has 0 atom stereocenters. The van der Waals surface area contributed by atoms with E-state index in [0.717, 1.165) is 18.4 Å². The largest absolute Gasteiger partial charge is 0.478 e. The van der Waals surface area contributed by atoms with Crippen molar-refractivity contribution in [1.29, 1.82) is 0 Å². The standard InChI is InChI=1S/C16H24N4O3/c1-3-23-15-13(5-4-8-17-15)11-18-16(22)19-14-6-9-20(10-7-14)12(2)21/h4-5,8,14H,3,6-7,9-11H2,1-2H3,(H2,18,19,22). The van der Waals surface area contributed by atoms with Gasteiger partial charge in [-0.1, -0.05) is 6.07 Å². The molecule has 1 aromatic rings. The van der Waals surface area contributed by atoms with Crippen molar-refractivity contribution >= 4 is 11.9 Å². The number of ether oxygens (including phenoxy) is 1. The van der Waals surface area contributed by atoms with Crippen molar-refractivity contribution in [3.8, 4) is 5.88 Å². The van der Waals surface area contributed by atoms with Crippen molar-refractivity contribution in [3.63, 3.8) is 0 Å². The molecule has 0 bridgehead atoms. The van der Waals surface area contributed by atoms with Crippen LogP contribution in [0.15, 0.2) is 18.3 Å². The smallest absolute Gasteiger partial charge is 0.315 e. The zero-order chi connectivity index (χ0) is 16.7. The summed E-state index contributed by atoms with van der Waals surface area (Å²) in [5.74, 6) is 0.637. The highest BCUT2D eigenvalue weighted by molar-refractivity contribution is 5.75. The van der Waals surface area contributed by atoms with Gasteiger partial charge in [-0.25, -0.2) is 9.78 Å². The number of carbonyl (C=O) groups is 2. The molecular formula is C16H24N4O3. The van der Waals surface area contributed by atoms with E-state index in [2.05, 4.69) is 15.6 Å². The lowest BCUT2D eigenvalue weighted by atomic mass is 10.1. The van der Waals surface area contributed by atoms with E-state index >= 15 is 0 Å². The molecule has 3 amide bonds. The molecule has 1 saturated heterocycles. The van der Waals surface area contributed by atoms with Gasteiger partial charge in [0.25, 0.3) is 0 Å². The fourth-order valence-electron chi connectivity index (χ4n) is 2.58. The van der Waals surface area contributed by atoms with Crippen LogP contribution in [0.4, 0.5) is 4.79 Å². The normalized spacial score (nSPS) is 15.1. The number of hydrogen-bond acceptors (Lipinski definition) is 4. The van der Waals surface area contributed by atoms with Crippen LogP contribution >= 0.6 is 0 Å². The summed E-state index contributed by atoms with van der Waals surface area (Å²) in [5, 5.41) is 5.78. The summed E-state index contributed by atoms with van der Waals surface area (Å²) in [7, 11) is 0. The number of urea groups is 1. The van der Waals surface area contributed by atoms with Crippen molar-refractivity contribution in [2.75, 3.05) is 19.7 Å². The lowest BCUT2D eigenvalue weighted by Gasteiger charge is -2.31. The van der Waals surface area contributed by atoms with Crippen LogP contribution in [0.25, 0.3) is 0 Å². The van der Waals surface area contributed by atoms with Crippen molar-refractivity contribution in [2.45, 2.75) is 39.3 Å². The molecule has 2 rings (SSSR count). The Hall–Kier alpha value is -2.31. The maximum atomic E-state index is 12.0. The second-order valence-corrected chi connectivity index (χ2v) is 5.51. The van der Waals surface area contributed by atoms with Gasteiger partial charge in [-0.3, -0.25) is 4.79 Å². The summed E-state index contributed by atoms with van der Waals surface area (Å²) in [5.41, 5.74) is 0.843. The maximum Gasteiger partial charge on any atom is 0.315 e. The number of likely N-dealkylation sites (tertiary alicyclic amines) is 1. The van der Waals surface area contributed by atoms with Gasteiger partial charge in [0.05, 0.1) is 6.61 Å². The Morgan fingerprint density at radius 2 is 2.13 bits per heavy atom. The monoisotopic (exact) mass is 320 g/mol. The minimum Gasteiger partial charge on any atom is -0.478 e. The van der Waals surface area contributed by atoms with E-state index in [4.69, 9.17) is 4.74 Å². The number of aromatic nitrogens is 1. The maximum absolute atomic E-state index is 12.0. The van der Waals surface area contributed by atoms with E-state index in [1.54, 1.807) is 18.0 Å². The fourth-order valence-corrected chi connectivity index (χ4v) is 2.58. The zero-order valence-electron chi connectivity index (χ0n) is 13.7. The minimum absolute atomic E-state index is 0.0907. The van der Waals surface area contributed by atoms with Crippen molar-refractivity contribution < 1.29 is 14.3 Å². The molecular weight excluding hydrogens is 296 g/mol. The number of carbonyl (C=O) groups excluding carboxylic acids is 2. The van der Waals surface area contributed by atoms with Gasteiger partial charge in [0.1, 0.15) is 0 Å². The second-order valence-electron chi connectivity index (χ2n) is 5.51. The van der Waals surface area contributed by atoms with Crippen LogP contribution in [0.2, 0.25) is 0 Å². The van der Waals surface area contributed by atoms with Crippen molar-refractivity contribution in [1.82, 2.24) is 20.5 Å². The summed E-state index contributed by atoms with van der Waals surface area (Å²) in [4.78, 5) is 29.2. The predicted molar refractivity (Wildman–Crippen MR) is 86.1 cm³/mol. The number of hydrogen-bond donors (Lipinski definition) is 2. The first-order chi connectivity index (χ1) is 11.1. The molecule has 7 nitrogen and oxygen atoms in total. The van der Waals surface area contributed by atoms with Gasteiger partial charge in [-0.15, -0.1) is 0 Å². The molecule has 0 radical (unpaired) electrons. The van der Waals surface area contributed by atoms with Gasteiger partial charge >= 0.3 is 6.03 Å². The summed E-state index contributed by atoms with van der Waals surface area (Å²) in [6, 6.07) is 3.59. The Labute approximate surface area is 136 Å². The number of rotatable bonds is 5. The SMILES string of the molecule is CCOc1ncccc1CNC(=O)NC1CCN(C(C)=O)CC1. The molecule has 2 heterocycles. The molecule has 0 aliphatic carbocycles. The molecule has 0 aromatic carbocycles. The molecule has 0 spiro atoms. The fraction of sp³-hybridized carbons (Fsp3) is 0.562. The van der Waals surface area contributed by atoms with Crippen LogP contribution in [-0.4, -0.2) is 47.6 Å². The van der Waals surface area contributed by atoms with Crippen molar-refractivity contribution in [2.24, 2.45) is 0 Å². The molecule has 0 saturated carbocycles. The van der Waals surface area contributed by atoms with Gasteiger partial charge in [0.2, 0.25) is 11.8 Å². The van der Waals surface area contributed by atoms with E-state index in [9.17, 15) is 9.59 Å². The Bertz CT molecular complexity index is 542. The van der Waals surface area contributed by atoms with E-state index in [1.165, 1.54) is 0 Å². The average Bonchev–Trinajstić information content (AvgIpc) is 2.55. The number of nitrogens with zero attached hydrogens (tertiary/aromatic N) is 2. The van der Waals surface area contributed by atoms with E-state index in [0.29, 0.717) is 32.1 Å². The highest BCUT2D eigenvalue weighted by Crippen LogP contribution is 2.14. The highest BCUT2D eigenvalue weighted by atomic mass is 16.5. The van der Waals surface area contributed by atoms with Crippen LogP contribution < -0.4 is 15.4 Å². The van der Waals surface area contributed by atoms with Gasteiger partial charge < -0.3 is 20.3 Å². The first-order valence-electron chi connectivity index (χ1n) is 7.96. The molecule has 23 heavy (non-hydrogen) atoms. The van der Waals surface area contributed by atoms with E-state index < -0.39 is 0 Å². The molecule has 7 heteroatoms. The molecule has 1 aliphatic heterocycles. The molecule has 126 valence electrons. The van der Waals surface area contributed by atoms with E-state index in [1.807, 2.05) is 19.1 Å². The Balaban J connectivity index is 1.77. The highest BCUT2D eigenvalue weighted by Gasteiger charge is 2.21. The van der Waals surface area contributed by atoms with E-state index in [-0.39, 0.29) is 18.0 Å².